The molecule has 1 aromatic rings. The van der Waals surface area contributed by atoms with Crippen molar-refractivity contribution in [3.05, 3.63) is 17.6 Å². The smallest absolute Gasteiger partial charge is 0.303 e. The lowest BCUT2D eigenvalue weighted by atomic mass is 9.94. The molecule has 0 bridgehead atoms. The van der Waals surface area contributed by atoms with Crippen LogP contribution in [0.15, 0.2) is 6.20 Å². The molecule has 1 heterocycles. The lowest BCUT2D eigenvalue weighted by molar-refractivity contribution is -0.138. The van der Waals surface area contributed by atoms with Crippen LogP contribution in [0.2, 0.25) is 0 Å². The molecule has 1 atom stereocenters. The summed E-state index contributed by atoms with van der Waals surface area (Å²) in [5, 5.41) is 12.2. The highest BCUT2D eigenvalue weighted by Gasteiger charge is 2.15. The Kier molecular flexibility index (Phi) is 5.73. The second-order valence-electron chi connectivity index (χ2n) is 5.42. The third kappa shape index (κ3) is 5.68. The molecule has 0 radical (unpaired) electrons. The number of carboxylic acids is 1. The van der Waals surface area contributed by atoms with E-state index in [1.807, 2.05) is 13.8 Å². The first kappa shape index (κ1) is 15.4. The average Bonchev–Trinajstić information content (AvgIpc) is 2.28. The first-order chi connectivity index (χ1) is 8.88. The Balaban J connectivity index is 2.64. The van der Waals surface area contributed by atoms with Crippen LogP contribution in [-0.4, -0.2) is 27.6 Å². The zero-order valence-electron chi connectivity index (χ0n) is 12.1. The zero-order chi connectivity index (χ0) is 14.4. The standard InChI is InChI=1S/C14H23N3O2/c1-9(2)5-12(6-13(18)19)8-16-14-11(4)15-7-10(3)17-14/h7,9,12H,5-6,8H2,1-4H3,(H,16,17)(H,18,19). The van der Waals surface area contributed by atoms with E-state index in [9.17, 15) is 4.79 Å². The molecule has 0 saturated heterocycles. The van der Waals surface area contributed by atoms with E-state index in [1.54, 1.807) is 6.20 Å². The molecular weight excluding hydrogens is 242 g/mol. The van der Waals surface area contributed by atoms with Gasteiger partial charge in [0.25, 0.3) is 0 Å². The predicted molar refractivity (Wildman–Crippen MR) is 75.2 cm³/mol. The van der Waals surface area contributed by atoms with Crippen LogP contribution in [0.1, 0.15) is 38.1 Å². The van der Waals surface area contributed by atoms with Crippen LogP contribution in [0.3, 0.4) is 0 Å². The largest absolute Gasteiger partial charge is 0.481 e. The Morgan fingerprint density at radius 3 is 2.68 bits per heavy atom. The van der Waals surface area contributed by atoms with Crippen LogP contribution in [0.5, 0.6) is 0 Å². The van der Waals surface area contributed by atoms with Crippen LogP contribution < -0.4 is 5.32 Å². The van der Waals surface area contributed by atoms with Gasteiger partial charge in [-0.05, 0) is 32.1 Å². The summed E-state index contributed by atoms with van der Waals surface area (Å²) in [4.78, 5) is 19.5. The fraction of sp³-hybridized carbons (Fsp3) is 0.643. The summed E-state index contributed by atoms with van der Waals surface area (Å²) in [6, 6.07) is 0. The van der Waals surface area contributed by atoms with E-state index in [4.69, 9.17) is 5.11 Å². The number of nitrogens with zero attached hydrogens (tertiary/aromatic N) is 2. The second-order valence-corrected chi connectivity index (χ2v) is 5.42. The molecule has 0 aromatic carbocycles. The SMILES string of the molecule is Cc1cnc(C)c(NCC(CC(=O)O)CC(C)C)n1. The monoisotopic (exact) mass is 265 g/mol. The number of carbonyl (C=O) groups is 1. The molecule has 0 aliphatic carbocycles. The minimum Gasteiger partial charge on any atom is -0.481 e. The van der Waals surface area contributed by atoms with Gasteiger partial charge < -0.3 is 10.4 Å². The van der Waals surface area contributed by atoms with Crippen molar-refractivity contribution in [2.75, 3.05) is 11.9 Å². The van der Waals surface area contributed by atoms with Crippen molar-refractivity contribution in [2.45, 2.75) is 40.5 Å². The summed E-state index contributed by atoms with van der Waals surface area (Å²) < 4.78 is 0. The number of aliphatic carboxylic acids is 1. The second kappa shape index (κ2) is 7.07. The average molecular weight is 265 g/mol. The van der Waals surface area contributed by atoms with Crippen molar-refractivity contribution < 1.29 is 9.90 Å². The number of rotatable bonds is 7. The number of aryl methyl sites for hydroxylation is 2. The van der Waals surface area contributed by atoms with E-state index in [2.05, 4.69) is 29.1 Å². The summed E-state index contributed by atoms with van der Waals surface area (Å²) in [5.74, 6) is 0.591. The third-order valence-electron chi connectivity index (χ3n) is 2.90. The molecule has 1 unspecified atom stereocenters. The van der Waals surface area contributed by atoms with Crippen molar-refractivity contribution in [2.24, 2.45) is 11.8 Å². The van der Waals surface area contributed by atoms with Crippen molar-refractivity contribution in [3.63, 3.8) is 0 Å². The molecule has 0 spiro atoms. The van der Waals surface area contributed by atoms with Gasteiger partial charge in [-0.2, -0.15) is 0 Å². The van der Waals surface area contributed by atoms with Gasteiger partial charge in [0.2, 0.25) is 0 Å². The molecule has 5 heteroatoms. The molecule has 106 valence electrons. The maximum absolute atomic E-state index is 10.9. The number of nitrogens with one attached hydrogen (secondary N) is 1. The van der Waals surface area contributed by atoms with Gasteiger partial charge in [0, 0.05) is 19.2 Å². The quantitative estimate of drug-likeness (QED) is 0.792. The van der Waals surface area contributed by atoms with Gasteiger partial charge in [-0.3, -0.25) is 9.78 Å². The maximum Gasteiger partial charge on any atom is 0.303 e. The van der Waals surface area contributed by atoms with E-state index in [1.165, 1.54) is 0 Å². The number of aromatic nitrogens is 2. The highest BCUT2D eigenvalue weighted by Crippen LogP contribution is 2.17. The number of hydrogen-bond acceptors (Lipinski definition) is 4. The van der Waals surface area contributed by atoms with Gasteiger partial charge in [-0.25, -0.2) is 4.98 Å². The number of hydrogen-bond donors (Lipinski definition) is 2. The van der Waals surface area contributed by atoms with E-state index in [0.29, 0.717) is 12.5 Å². The van der Waals surface area contributed by atoms with Crippen LogP contribution in [0.4, 0.5) is 5.82 Å². The summed E-state index contributed by atoms with van der Waals surface area (Å²) in [6.07, 6.45) is 2.80. The molecule has 0 fully saturated rings. The van der Waals surface area contributed by atoms with Crippen molar-refractivity contribution in [1.82, 2.24) is 9.97 Å². The first-order valence-corrected chi connectivity index (χ1v) is 6.64. The molecule has 0 amide bonds. The van der Waals surface area contributed by atoms with Crippen molar-refractivity contribution in [1.29, 1.82) is 0 Å². The Morgan fingerprint density at radius 1 is 1.42 bits per heavy atom. The normalized spacial score (nSPS) is 12.5. The van der Waals surface area contributed by atoms with Crippen LogP contribution in [0, 0.1) is 25.7 Å². The Labute approximate surface area is 114 Å². The van der Waals surface area contributed by atoms with E-state index >= 15 is 0 Å². The van der Waals surface area contributed by atoms with Gasteiger partial charge in [-0.1, -0.05) is 13.8 Å². The topological polar surface area (TPSA) is 75.1 Å². The van der Waals surface area contributed by atoms with Crippen LogP contribution in [-0.2, 0) is 4.79 Å². The van der Waals surface area contributed by atoms with E-state index in [-0.39, 0.29) is 12.3 Å². The van der Waals surface area contributed by atoms with Gasteiger partial charge in [0.05, 0.1) is 11.4 Å². The zero-order valence-corrected chi connectivity index (χ0v) is 12.1. The molecule has 1 aromatic heterocycles. The summed E-state index contributed by atoms with van der Waals surface area (Å²) in [7, 11) is 0. The summed E-state index contributed by atoms with van der Waals surface area (Å²) in [6.45, 7) is 8.60. The number of carboxylic acid groups (broad SMARTS) is 1. The van der Waals surface area contributed by atoms with E-state index < -0.39 is 5.97 Å². The molecule has 0 aliphatic rings. The minimum absolute atomic E-state index is 0.110. The highest BCUT2D eigenvalue weighted by atomic mass is 16.4. The third-order valence-corrected chi connectivity index (χ3v) is 2.90. The predicted octanol–water partition coefficient (Wildman–Crippen LogP) is 2.64. The van der Waals surface area contributed by atoms with Gasteiger partial charge in [-0.15, -0.1) is 0 Å². The first-order valence-electron chi connectivity index (χ1n) is 6.64. The van der Waals surface area contributed by atoms with Gasteiger partial charge in [0.15, 0.2) is 0 Å². The molecule has 19 heavy (non-hydrogen) atoms. The Bertz CT molecular complexity index is 433. The lowest BCUT2D eigenvalue weighted by Gasteiger charge is -2.18. The fourth-order valence-electron chi connectivity index (χ4n) is 2.10. The molecule has 0 aliphatic heterocycles. The van der Waals surface area contributed by atoms with Crippen molar-refractivity contribution >= 4 is 11.8 Å². The molecular formula is C14H23N3O2. The summed E-state index contributed by atoms with van der Waals surface area (Å²) >= 11 is 0. The molecule has 2 N–H and O–H groups in total. The van der Waals surface area contributed by atoms with Gasteiger partial charge >= 0.3 is 5.97 Å². The maximum atomic E-state index is 10.9. The van der Waals surface area contributed by atoms with E-state index in [0.717, 1.165) is 23.6 Å². The summed E-state index contributed by atoms with van der Waals surface area (Å²) in [5.41, 5.74) is 1.69. The lowest BCUT2D eigenvalue weighted by Crippen LogP contribution is -2.20. The molecule has 0 saturated carbocycles. The van der Waals surface area contributed by atoms with Crippen molar-refractivity contribution in [3.8, 4) is 0 Å². The minimum atomic E-state index is -0.750. The number of anilines is 1. The fourth-order valence-corrected chi connectivity index (χ4v) is 2.10. The molecule has 5 nitrogen and oxygen atoms in total. The Morgan fingerprint density at radius 2 is 2.11 bits per heavy atom. The van der Waals surface area contributed by atoms with Gasteiger partial charge in [0.1, 0.15) is 5.82 Å². The van der Waals surface area contributed by atoms with Crippen LogP contribution in [0.25, 0.3) is 0 Å². The van der Waals surface area contributed by atoms with Crippen LogP contribution >= 0.6 is 0 Å². The highest BCUT2D eigenvalue weighted by molar-refractivity contribution is 5.67. The molecule has 1 rings (SSSR count). The Hall–Kier alpha value is -1.65.